The number of hydrogen-bond acceptors (Lipinski definition) is 4. The molecule has 0 unspecified atom stereocenters. The van der Waals surface area contributed by atoms with Crippen molar-refractivity contribution < 1.29 is 4.79 Å². The standard InChI is InChI=1S/C25H29N5O/c1-17(2)29(4)24-21-16-30(25(31)26-20-12-10-18(3)11-13-20)15-14-22(21)27-23(28-24)19-8-6-5-7-9-19/h5-13,17H,14-16H2,1-4H3,(H,26,31). The lowest BCUT2D eigenvalue weighted by atomic mass is 10.0. The Morgan fingerprint density at radius 2 is 1.77 bits per heavy atom. The SMILES string of the molecule is Cc1ccc(NC(=O)N2CCc3nc(-c4ccccc4)nc(N(C)C(C)C)c3C2)cc1. The first-order valence-corrected chi connectivity index (χ1v) is 10.7. The number of urea groups is 1. The fraction of sp³-hybridized carbons (Fsp3) is 0.320. The Kier molecular flexibility index (Phi) is 5.89. The lowest BCUT2D eigenvalue weighted by Gasteiger charge is -2.33. The number of rotatable bonds is 4. The van der Waals surface area contributed by atoms with Crippen LogP contribution in [0.2, 0.25) is 0 Å². The second-order valence-corrected chi connectivity index (χ2v) is 8.33. The van der Waals surface area contributed by atoms with Gasteiger partial charge in [0, 0.05) is 42.9 Å². The third-order valence-electron chi connectivity index (χ3n) is 5.77. The smallest absolute Gasteiger partial charge is 0.322 e. The summed E-state index contributed by atoms with van der Waals surface area (Å²) in [4.78, 5) is 26.7. The van der Waals surface area contributed by atoms with Gasteiger partial charge in [0.1, 0.15) is 5.82 Å². The van der Waals surface area contributed by atoms with Gasteiger partial charge in [-0.25, -0.2) is 14.8 Å². The Morgan fingerprint density at radius 1 is 1.06 bits per heavy atom. The quantitative estimate of drug-likeness (QED) is 0.659. The van der Waals surface area contributed by atoms with Crippen LogP contribution in [0.15, 0.2) is 54.6 Å². The molecule has 0 fully saturated rings. The van der Waals surface area contributed by atoms with Gasteiger partial charge >= 0.3 is 6.03 Å². The first-order valence-electron chi connectivity index (χ1n) is 10.7. The molecule has 4 rings (SSSR count). The van der Waals surface area contributed by atoms with Crippen molar-refractivity contribution in [2.24, 2.45) is 0 Å². The predicted octanol–water partition coefficient (Wildman–Crippen LogP) is 4.89. The van der Waals surface area contributed by atoms with Crippen LogP contribution in [0.25, 0.3) is 11.4 Å². The molecule has 0 saturated heterocycles. The van der Waals surface area contributed by atoms with Gasteiger partial charge in [-0.15, -0.1) is 0 Å². The average Bonchev–Trinajstić information content (AvgIpc) is 2.79. The number of aryl methyl sites for hydroxylation is 1. The van der Waals surface area contributed by atoms with Crippen molar-refractivity contribution in [1.82, 2.24) is 14.9 Å². The Morgan fingerprint density at radius 3 is 2.45 bits per heavy atom. The van der Waals surface area contributed by atoms with E-state index in [0.717, 1.165) is 39.7 Å². The molecule has 1 N–H and O–H groups in total. The van der Waals surface area contributed by atoms with Gasteiger partial charge in [-0.1, -0.05) is 48.0 Å². The van der Waals surface area contributed by atoms with E-state index in [4.69, 9.17) is 9.97 Å². The Hall–Kier alpha value is -3.41. The zero-order chi connectivity index (χ0) is 22.0. The van der Waals surface area contributed by atoms with Crippen molar-refractivity contribution >= 4 is 17.5 Å². The Bertz CT molecular complexity index is 1060. The normalized spacial score (nSPS) is 13.1. The second-order valence-electron chi connectivity index (χ2n) is 8.33. The lowest BCUT2D eigenvalue weighted by molar-refractivity contribution is 0.206. The molecular weight excluding hydrogens is 386 g/mol. The first-order chi connectivity index (χ1) is 14.9. The molecule has 31 heavy (non-hydrogen) atoms. The van der Waals surface area contributed by atoms with Crippen molar-refractivity contribution in [2.75, 3.05) is 23.8 Å². The largest absolute Gasteiger partial charge is 0.357 e. The summed E-state index contributed by atoms with van der Waals surface area (Å²) in [6, 6.07) is 18.1. The molecule has 3 aromatic rings. The molecule has 0 aliphatic carbocycles. The molecule has 160 valence electrons. The highest BCUT2D eigenvalue weighted by Crippen LogP contribution is 2.30. The molecule has 0 atom stereocenters. The Labute approximate surface area is 183 Å². The molecule has 2 aromatic carbocycles. The van der Waals surface area contributed by atoms with Crippen LogP contribution in [0, 0.1) is 6.92 Å². The first kappa shape index (κ1) is 20.8. The zero-order valence-electron chi connectivity index (χ0n) is 18.6. The summed E-state index contributed by atoms with van der Waals surface area (Å²) in [5, 5.41) is 3.01. The van der Waals surface area contributed by atoms with Crippen molar-refractivity contribution in [3.63, 3.8) is 0 Å². The van der Waals surface area contributed by atoms with E-state index in [1.54, 1.807) is 0 Å². The number of nitrogens with one attached hydrogen (secondary N) is 1. The van der Waals surface area contributed by atoms with Crippen LogP contribution in [0.1, 0.15) is 30.7 Å². The summed E-state index contributed by atoms with van der Waals surface area (Å²) in [5.74, 6) is 1.63. The zero-order valence-corrected chi connectivity index (χ0v) is 18.6. The van der Waals surface area contributed by atoms with Crippen LogP contribution in [0.4, 0.5) is 16.3 Å². The highest BCUT2D eigenvalue weighted by Gasteiger charge is 2.27. The third kappa shape index (κ3) is 4.53. The number of aromatic nitrogens is 2. The van der Waals surface area contributed by atoms with E-state index in [1.807, 2.05) is 73.5 Å². The monoisotopic (exact) mass is 415 g/mol. The molecule has 0 bridgehead atoms. The highest BCUT2D eigenvalue weighted by atomic mass is 16.2. The van der Waals surface area contributed by atoms with E-state index < -0.39 is 0 Å². The van der Waals surface area contributed by atoms with Crippen LogP contribution >= 0.6 is 0 Å². The number of amides is 2. The van der Waals surface area contributed by atoms with Crippen LogP contribution in [-0.2, 0) is 13.0 Å². The van der Waals surface area contributed by atoms with Crippen molar-refractivity contribution in [2.45, 2.75) is 39.8 Å². The Balaban J connectivity index is 1.64. The molecule has 2 amide bonds. The summed E-state index contributed by atoms with van der Waals surface area (Å²) in [7, 11) is 2.05. The van der Waals surface area contributed by atoms with E-state index in [2.05, 4.69) is 24.1 Å². The van der Waals surface area contributed by atoms with E-state index in [-0.39, 0.29) is 12.1 Å². The van der Waals surface area contributed by atoms with Gasteiger partial charge in [-0.3, -0.25) is 0 Å². The molecule has 1 aliphatic heterocycles. The molecule has 0 saturated carbocycles. The molecule has 1 aliphatic rings. The van der Waals surface area contributed by atoms with Gasteiger partial charge < -0.3 is 15.1 Å². The van der Waals surface area contributed by atoms with E-state index in [0.29, 0.717) is 19.5 Å². The second kappa shape index (κ2) is 8.76. The molecular formula is C25H29N5O. The van der Waals surface area contributed by atoms with Gasteiger partial charge in [-0.05, 0) is 32.9 Å². The summed E-state index contributed by atoms with van der Waals surface area (Å²) < 4.78 is 0. The van der Waals surface area contributed by atoms with Gasteiger partial charge in [-0.2, -0.15) is 0 Å². The van der Waals surface area contributed by atoms with E-state index in [9.17, 15) is 4.79 Å². The minimum absolute atomic E-state index is 0.0974. The summed E-state index contributed by atoms with van der Waals surface area (Å²) in [5.41, 5.74) is 5.02. The van der Waals surface area contributed by atoms with Gasteiger partial charge in [0.2, 0.25) is 0 Å². The summed E-state index contributed by atoms with van der Waals surface area (Å²) in [6.45, 7) is 7.43. The third-order valence-corrected chi connectivity index (χ3v) is 5.77. The molecule has 0 spiro atoms. The minimum Gasteiger partial charge on any atom is -0.357 e. The molecule has 1 aromatic heterocycles. The van der Waals surface area contributed by atoms with E-state index >= 15 is 0 Å². The van der Waals surface area contributed by atoms with Crippen molar-refractivity contribution in [3.05, 3.63) is 71.4 Å². The average molecular weight is 416 g/mol. The number of anilines is 2. The number of carbonyl (C=O) groups is 1. The van der Waals surface area contributed by atoms with Gasteiger partial charge in [0.15, 0.2) is 5.82 Å². The van der Waals surface area contributed by atoms with Crippen LogP contribution in [0.3, 0.4) is 0 Å². The van der Waals surface area contributed by atoms with Crippen LogP contribution in [0.5, 0.6) is 0 Å². The maximum Gasteiger partial charge on any atom is 0.322 e. The topological polar surface area (TPSA) is 61.4 Å². The van der Waals surface area contributed by atoms with Crippen LogP contribution in [-0.4, -0.2) is 40.5 Å². The fourth-order valence-corrected chi connectivity index (χ4v) is 3.66. The number of fused-ring (bicyclic) bond motifs is 1. The maximum atomic E-state index is 12.9. The molecule has 0 radical (unpaired) electrons. The molecule has 2 heterocycles. The summed E-state index contributed by atoms with van der Waals surface area (Å²) >= 11 is 0. The number of nitrogens with zero attached hydrogens (tertiary/aromatic N) is 4. The number of benzene rings is 2. The fourth-order valence-electron chi connectivity index (χ4n) is 3.66. The minimum atomic E-state index is -0.0974. The predicted molar refractivity (Wildman–Crippen MR) is 125 cm³/mol. The molecule has 6 nitrogen and oxygen atoms in total. The van der Waals surface area contributed by atoms with Gasteiger partial charge in [0.05, 0.1) is 12.2 Å². The lowest BCUT2D eigenvalue weighted by Crippen LogP contribution is -2.40. The van der Waals surface area contributed by atoms with Crippen molar-refractivity contribution in [3.8, 4) is 11.4 Å². The number of carbonyl (C=O) groups excluding carboxylic acids is 1. The number of hydrogen-bond donors (Lipinski definition) is 1. The van der Waals surface area contributed by atoms with Crippen molar-refractivity contribution in [1.29, 1.82) is 0 Å². The van der Waals surface area contributed by atoms with Gasteiger partial charge in [0.25, 0.3) is 0 Å². The van der Waals surface area contributed by atoms with Crippen LogP contribution < -0.4 is 10.2 Å². The molecule has 6 heteroatoms. The highest BCUT2D eigenvalue weighted by molar-refractivity contribution is 5.89. The van der Waals surface area contributed by atoms with E-state index in [1.165, 1.54) is 0 Å². The maximum absolute atomic E-state index is 12.9. The summed E-state index contributed by atoms with van der Waals surface area (Å²) in [6.07, 6.45) is 0.706.